The van der Waals surface area contributed by atoms with Gasteiger partial charge in [-0.1, -0.05) is 18.1 Å². The predicted octanol–water partition coefficient (Wildman–Crippen LogP) is 2.28. The molecule has 0 spiro atoms. The van der Waals surface area contributed by atoms with Crippen LogP contribution in [0.4, 0.5) is 5.69 Å². The zero-order valence-electron chi connectivity index (χ0n) is 10.6. The summed E-state index contributed by atoms with van der Waals surface area (Å²) in [6.07, 6.45) is 5.20. The van der Waals surface area contributed by atoms with Crippen molar-refractivity contribution < 1.29 is 4.74 Å². The van der Waals surface area contributed by atoms with Crippen LogP contribution in [0, 0.1) is 12.3 Å². The zero-order valence-corrected chi connectivity index (χ0v) is 10.6. The van der Waals surface area contributed by atoms with E-state index in [1.807, 2.05) is 0 Å². The number of benzene rings is 2. The maximum atomic E-state index is 12.5. The molecule has 0 saturated carbocycles. The predicted molar refractivity (Wildman–Crippen MR) is 80.8 cm³/mol. The molecular formula is C16H12N2O2. The fourth-order valence-electron chi connectivity index (χ4n) is 2.26. The minimum atomic E-state index is -0.0767. The van der Waals surface area contributed by atoms with E-state index in [-0.39, 0.29) is 12.0 Å². The van der Waals surface area contributed by atoms with Gasteiger partial charge in [0.25, 0.3) is 0 Å². The molecule has 0 aliphatic rings. The van der Waals surface area contributed by atoms with Crippen LogP contribution in [0.1, 0.15) is 0 Å². The summed E-state index contributed by atoms with van der Waals surface area (Å²) in [5.74, 6) is 2.95. The van der Waals surface area contributed by atoms with E-state index < -0.39 is 0 Å². The Kier molecular flexibility index (Phi) is 2.81. The van der Waals surface area contributed by atoms with Crippen molar-refractivity contribution in [2.75, 3.05) is 12.3 Å². The van der Waals surface area contributed by atoms with E-state index >= 15 is 0 Å². The van der Waals surface area contributed by atoms with Gasteiger partial charge in [-0.3, -0.25) is 4.79 Å². The fourth-order valence-corrected chi connectivity index (χ4v) is 2.26. The lowest BCUT2D eigenvalue weighted by Gasteiger charge is -2.09. The molecule has 2 aromatic carbocycles. The molecule has 0 amide bonds. The lowest BCUT2D eigenvalue weighted by molar-refractivity contribution is 0.374. The Morgan fingerprint density at radius 1 is 1.15 bits per heavy atom. The standard InChI is InChI=1S/C16H12N2O2/c1-2-9-20-13-8-4-6-11-15(13)18-14-10(16(11)19)5-3-7-12(14)17/h1,3-8H,9,17H2,(H,18,19). The molecule has 98 valence electrons. The highest BCUT2D eigenvalue weighted by Crippen LogP contribution is 2.25. The first-order valence-electron chi connectivity index (χ1n) is 6.12. The van der Waals surface area contributed by atoms with Gasteiger partial charge in [0.1, 0.15) is 12.4 Å². The summed E-state index contributed by atoms with van der Waals surface area (Å²) in [5, 5.41) is 1.12. The van der Waals surface area contributed by atoms with Gasteiger partial charge in [0.15, 0.2) is 5.43 Å². The third-order valence-corrected chi connectivity index (χ3v) is 3.17. The maximum Gasteiger partial charge on any atom is 0.197 e. The normalized spacial score (nSPS) is 10.6. The van der Waals surface area contributed by atoms with Gasteiger partial charge in [0, 0.05) is 10.8 Å². The van der Waals surface area contributed by atoms with Gasteiger partial charge in [-0.25, -0.2) is 0 Å². The average molecular weight is 264 g/mol. The van der Waals surface area contributed by atoms with Gasteiger partial charge in [0.2, 0.25) is 0 Å². The number of terminal acetylenes is 1. The molecule has 0 unspecified atom stereocenters. The Labute approximate surface area is 115 Å². The number of pyridine rings is 1. The smallest absolute Gasteiger partial charge is 0.197 e. The number of nitrogens with one attached hydrogen (secondary N) is 1. The second-order valence-electron chi connectivity index (χ2n) is 4.40. The molecule has 4 heteroatoms. The Hall–Kier alpha value is -2.93. The summed E-state index contributed by atoms with van der Waals surface area (Å²) in [4.78, 5) is 15.7. The number of para-hydroxylation sites is 2. The largest absolute Gasteiger partial charge is 0.479 e. The highest BCUT2D eigenvalue weighted by Gasteiger charge is 2.10. The molecule has 3 aromatic rings. The number of H-pyrrole nitrogens is 1. The van der Waals surface area contributed by atoms with E-state index in [2.05, 4.69) is 10.9 Å². The molecule has 0 bridgehead atoms. The molecule has 0 radical (unpaired) electrons. The summed E-state index contributed by atoms with van der Waals surface area (Å²) in [7, 11) is 0. The summed E-state index contributed by atoms with van der Waals surface area (Å²) in [6.45, 7) is 0.142. The third-order valence-electron chi connectivity index (χ3n) is 3.17. The fraction of sp³-hybridized carbons (Fsp3) is 0.0625. The van der Waals surface area contributed by atoms with E-state index in [4.69, 9.17) is 16.9 Å². The highest BCUT2D eigenvalue weighted by molar-refractivity contribution is 5.99. The number of hydrogen-bond donors (Lipinski definition) is 2. The molecule has 1 aromatic heterocycles. The van der Waals surface area contributed by atoms with Crippen molar-refractivity contribution in [1.82, 2.24) is 4.98 Å². The second kappa shape index (κ2) is 4.63. The van der Waals surface area contributed by atoms with Crippen LogP contribution in [0.25, 0.3) is 21.8 Å². The van der Waals surface area contributed by atoms with Gasteiger partial charge in [-0.2, -0.15) is 0 Å². The minimum Gasteiger partial charge on any atom is -0.479 e. The average Bonchev–Trinajstić information content (AvgIpc) is 2.47. The van der Waals surface area contributed by atoms with Crippen LogP contribution in [0.15, 0.2) is 41.2 Å². The molecule has 0 fully saturated rings. The number of nitrogens with two attached hydrogens (primary N) is 1. The number of aromatic nitrogens is 1. The monoisotopic (exact) mass is 264 g/mol. The van der Waals surface area contributed by atoms with E-state index in [1.54, 1.807) is 36.4 Å². The molecule has 0 aliphatic heterocycles. The van der Waals surface area contributed by atoms with E-state index in [9.17, 15) is 4.79 Å². The highest BCUT2D eigenvalue weighted by atomic mass is 16.5. The molecule has 0 atom stereocenters. The number of anilines is 1. The first-order valence-corrected chi connectivity index (χ1v) is 6.12. The molecule has 20 heavy (non-hydrogen) atoms. The van der Waals surface area contributed by atoms with Crippen LogP contribution in [-0.4, -0.2) is 11.6 Å². The molecule has 4 nitrogen and oxygen atoms in total. The number of rotatable bonds is 2. The van der Waals surface area contributed by atoms with Crippen molar-refractivity contribution in [3.05, 3.63) is 46.6 Å². The second-order valence-corrected chi connectivity index (χ2v) is 4.40. The first kappa shape index (κ1) is 12.1. The summed E-state index contributed by atoms with van der Waals surface area (Å²) < 4.78 is 5.47. The Morgan fingerprint density at radius 2 is 1.85 bits per heavy atom. The summed E-state index contributed by atoms with van der Waals surface area (Å²) in [5.41, 5.74) is 7.59. The molecular weight excluding hydrogens is 252 g/mol. The van der Waals surface area contributed by atoms with E-state index in [1.165, 1.54) is 0 Å². The Balaban J connectivity index is 2.42. The van der Waals surface area contributed by atoms with Gasteiger partial charge in [-0.05, 0) is 24.3 Å². The van der Waals surface area contributed by atoms with Crippen LogP contribution in [0.2, 0.25) is 0 Å². The summed E-state index contributed by atoms with van der Waals surface area (Å²) in [6, 6.07) is 10.5. The van der Waals surface area contributed by atoms with Gasteiger partial charge in [0.05, 0.1) is 16.7 Å². The van der Waals surface area contributed by atoms with Crippen LogP contribution in [-0.2, 0) is 0 Å². The van der Waals surface area contributed by atoms with Gasteiger partial charge >= 0.3 is 0 Å². The number of aromatic amines is 1. The SMILES string of the molecule is C#CCOc1cccc2c(=O)c3cccc(N)c3[nH]c12. The van der Waals surface area contributed by atoms with E-state index in [0.717, 1.165) is 0 Å². The van der Waals surface area contributed by atoms with Crippen LogP contribution >= 0.6 is 0 Å². The number of hydrogen-bond acceptors (Lipinski definition) is 3. The van der Waals surface area contributed by atoms with Gasteiger partial charge in [-0.15, -0.1) is 6.42 Å². The lowest BCUT2D eigenvalue weighted by Crippen LogP contribution is -2.07. The van der Waals surface area contributed by atoms with Crippen molar-refractivity contribution in [2.45, 2.75) is 0 Å². The Bertz CT molecular complexity index is 904. The topological polar surface area (TPSA) is 68.1 Å². The van der Waals surface area contributed by atoms with Crippen molar-refractivity contribution in [3.63, 3.8) is 0 Å². The van der Waals surface area contributed by atoms with Crippen molar-refractivity contribution >= 4 is 27.5 Å². The number of fused-ring (bicyclic) bond motifs is 2. The van der Waals surface area contributed by atoms with Crippen LogP contribution in [0.3, 0.4) is 0 Å². The number of ether oxygens (including phenoxy) is 1. The van der Waals surface area contributed by atoms with Crippen molar-refractivity contribution in [1.29, 1.82) is 0 Å². The number of nitrogen functional groups attached to an aromatic ring is 1. The zero-order chi connectivity index (χ0) is 14.1. The molecule has 0 saturated heterocycles. The molecule has 0 aliphatic carbocycles. The summed E-state index contributed by atoms with van der Waals surface area (Å²) >= 11 is 0. The van der Waals surface area contributed by atoms with E-state index in [0.29, 0.717) is 33.2 Å². The minimum absolute atomic E-state index is 0.0767. The van der Waals surface area contributed by atoms with Gasteiger partial charge < -0.3 is 15.5 Å². The molecule has 1 heterocycles. The maximum absolute atomic E-state index is 12.5. The van der Waals surface area contributed by atoms with Crippen molar-refractivity contribution in [3.8, 4) is 18.1 Å². The third kappa shape index (κ3) is 1.77. The first-order chi connectivity index (χ1) is 9.72. The van der Waals surface area contributed by atoms with Crippen LogP contribution < -0.4 is 15.9 Å². The molecule has 3 N–H and O–H groups in total. The molecule has 3 rings (SSSR count). The quantitative estimate of drug-likeness (QED) is 0.424. The Morgan fingerprint density at radius 3 is 2.60 bits per heavy atom. The van der Waals surface area contributed by atoms with Crippen molar-refractivity contribution in [2.24, 2.45) is 0 Å². The van der Waals surface area contributed by atoms with Crippen LogP contribution in [0.5, 0.6) is 5.75 Å². The lowest BCUT2D eigenvalue weighted by atomic mass is 10.1.